The first-order chi connectivity index (χ1) is 13.1. The molecule has 1 fully saturated rings. The minimum Gasteiger partial charge on any atom is -0.361 e. The van der Waals surface area contributed by atoms with Crippen LogP contribution < -0.4 is 5.69 Å². The number of carbonyl (C=O) groups excluding carboxylic acids is 1. The summed E-state index contributed by atoms with van der Waals surface area (Å²) >= 11 is 0. The van der Waals surface area contributed by atoms with Crippen LogP contribution in [0.2, 0.25) is 0 Å². The number of fused-ring (bicyclic) bond motifs is 1. The van der Waals surface area contributed by atoms with E-state index >= 15 is 0 Å². The summed E-state index contributed by atoms with van der Waals surface area (Å²) in [5, 5.41) is 5.54. The van der Waals surface area contributed by atoms with E-state index in [0.29, 0.717) is 19.5 Å². The third-order valence-electron chi connectivity index (χ3n) is 5.51. The van der Waals surface area contributed by atoms with Gasteiger partial charge in [0, 0.05) is 49.7 Å². The van der Waals surface area contributed by atoms with Crippen molar-refractivity contribution < 1.29 is 4.79 Å². The fraction of sp³-hybridized carbons (Fsp3) is 0.450. The first kappa shape index (κ1) is 17.6. The zero-order valence-electron chi connectivity index (χ0n) is 15.8. The third-order valence-corrected chi connectivity index (χ3v) is 5.51. The molecule has 1 aromatic carbocycles. The van der Waals surface area contributed by atoms with Gasteiger partial charge >= 0.3 is 5.69 Å². The highest BCUT2D eigenvalue weighted by atomic mass is 16.2. The van der Waals surface area contributed by atoms with Gasteiger partial charge in [-0.05, 0) is 31.4 Å². The van der Waals surface area contributed by atoms with E-state index in [0.717, 1.165) is 41.7 Å². The van der Waals surface area contributed by atoms with Gasteiger partial charge in [-0.1, -0.05) is 18.2 Å². The molecule has 27 heavy (non-hydrogen) atoms. The largest absolute Gasteiger partial charge is 0.361 e. The van der Waals surface area contributed by atoms with Gasteiger partial charge in [0.1, 0.15) is 5.82 Å². The monoisotopic (exact) mass is 367 g/mol. The molecule has 7 nitrogen and oxygen atoms in total. The molecule has 0 bridgehead atoms. The number of rotatable bonds is 4. The summed E-state index contributed by atoms with van der Waals surface area (Å²) in [6, 6.07) is 8.04. The van der Waals surface area contributed by atoms with E-state index in [2.05, 4.69) is 10.1 Å². The van der Waals surface area contributed by atoms with Crippen molar-refractivity contribution in [2.75, 3.05) is 13.1 Å². The van der Waals surface area contributed by atoms with Gasteiger partial charge in [-0.2, -0.15) is 5.10 Å². The number of aromatic amines is 1. The highest BCUT2D eigenvalue weighted by Gasteiger charge is 2.29. The summed E-state index contributed by atoms with van der Waals surface area (Å²) in [5.41, 5.74) is 1.99. The zero-order chi connectivity index (χ0) is 19.0. The van der Waals surface area contributed by atoms with Crippen molar-refractivity contribution in [3.05, 3.63) is 52.3 Å². The smallest absolute Gasteiger partial charge is 0.345 e. The molecule has 2 aromatic heterocycles. The van der Waals surface area contributed by atoms with Gasteiger partial charge in [0.05, 0.1) is 6.42 Å². The molecule has 7 heteroatoms. The number of H-pyrrole nitrogens is 1. The average Bonchev–Trinajstić information content (AvgIpc) is 3.23. The molecule has 1 aliphatic heterocycles. The molecule has 1 amide bonds. The number of hydrogen-bond acceptors (Lipinski definition) is 3. The number of benzene rings is 1. The molecular weight excluding hydrogens is 342 g/mol. The second kappa shape index (κ2) is 7.06. The van der Waals surface area contributed by atoms with Crippen LogP contribution in [0, 0.1) is 0 Å². The number of piperidine rings is 1. The van der Waals surface area contributed by atoms with Crippen LogP contribution in [0.3, 0.4) is 0 Å². The summed E-state index contributed by atoms with van der Waals surface area (Å²) in [4.78, 5) is 30.3. The second-order valence-electron chi connectivity index (χ2n) is 7.22. The Bertz CT molecular complexity index is 1030. The first-order valence-electron chi connectivity index (χ1n) is 9.55. The first-order valence-corrected chi connectivity index (χ1v) is 9.55. The lowest BCUT2D eigenvalue weighted by atomic mass is 9.96. The molecule has 1 N–H and O–H groups in total. The fourth-order valence-electron chi connectivity index (χ4n) is 4.09. The molecule has 0 spiro atoms. The van der Waals surface area contributed by atoms with E-state index in [1.165, 1.54) is 4.68 Å². The number of likely N-dealkylation sites (tertiary alicyclic amines) is 1. The number of aromatic nitrogens is 4. The zero-order valence-corrected chi connectivity index (χ0v) is 15.8. The molecule has 3 aromatic rings. The minimum absolute atomic E-state index is 0.0882. The normalized spacial score (nSPS) is 17.6. The van der Waals surface area contributed by atoms with Gasteiger partial charge in [-0.25, -0.2) is 9.48 Å². The van der Waals surface area contributed by atoms with E-state index < -0.39 is 0 Å². The van der Waals surface area contributed by atoms with Gasteiger partial charge in [-0.15, -0.1) is 0 Å². The number of nitrogens with one attached hydrogen (secondary N) is 1. The maximum Gasteiger partial charge on any atom is 0.345 e. The molecule has 0 unspecified atom stereocenters. The summed E-state index contributed by atoms with van der Waals surface area (Å²) in [7, 11) is 1.68. The molecule has 3 heterocycles. The van der Waals surface area contributed by atoms with Crippen molar-refractivity contribution in [1.82, 2.24) is 24.2 Å². The third kappa shape index (κ3) is 3.18. The molecule has 1 aliphatic rings. The van der Waals surface area contributed by atoms with E-state index in [1.54, 1.807) is 11.6 Å². The van der Waals surface area contributed by atoms with Crippen molar-refractivity contribution in [3.8, 4) is 0 Å². The summed E-state index contributed by atoms with van der Waals surface area (Å²) in [6.07, 6.45) is 4.20. The summed E-state index contributed by atoms with van der Waals surface area (Å²) in [6.45, 7) is 3.94. The van der Waals surface area contributed by atoms with Crippen LogP contribution in [0.25, 0.3) is 10.9 Å². The highest BCUT2D eigenvalue weighted by molar-refractivity contribution is 5.88. The number of hydrogen-bond donors (Lipinski definition) is 1. The van der Waals surface area contributed by atoms with Gasteiger partial charge in [-0.3, -0.25) is 9.36 Å². The number of carbonyl (C=O) groups is 1. The van der Waals surface area contributed by atoms with E-state index in [1.807, 2.05) is 42.3 Å². The van der Waals surface area contributed by atoms with E-state index in [9.17, 15) is 9.59 Å². The lowest BCUT2D eigenvalue weighted by Crippen LogP contribution is -2.40. The van der Waals surface area contributed by atoms with Gasteiger partial charge < -0.3 is 9.88 Å². The maximum absolute atomic E-state index is 12.9. The Morgan fingerprint density at radius 2 is 2.15 bits per heavy atom. The summed E-state index contributed by atoms with van der Waals surface area (Å²) < 4.78 is 3.11. The fourth-order valence-corrected chi connectivity index (χ4v) is 4.09. The van der Waals surface area contributed by atoms with Gasteiger partial charge in [0.25, 0.3) is 0 Å². The Morgan fingerprint density at radius 3 is 2.96 bits per heavy atom. The Kier molecular flexibility index (Phi) is 4.59. The molecule has 0 radical (unpaired) electrons. The number of aryl methyl sites for hydroxylation is 1. The number of amides is 1. The number of nitrogens with zero attached hydrogens (tertiary/aromatic N) is 4. The SMILES string of the molecule is CCn1c([C@@H]2CCCN(C(=O)Cc3c[nH]c4ccccc34)C2)nn(C)c1=O. The van der Waals surface area contributed by atoms with Crippen LogP contribution in [0.4, 0.5) is 0 Å². The molecule has 1 saturated heterocycles. The highest BCUT2D eigenvalue weighted by Crippen LogP contribution is 2.26. The Morgan fingerprint density at radius 1 is 1.33 bits per heavy atom. The van der Waals surface area contributed by atoms with Crippen molar-refractivity contribution >= 4 is 16.8 Å². The van der Waals surface area contributed by atoms with Crippen molar-refractivity contribution in [2.24, 2.45) is 7.05 Å². The molecule has 0 aliphatic carbocycles. The van der Waals surface area contributed by atoms with Gasteiger partial charge in [0.15, 0.2) is 0 Å². The molecule has 1 atom stereocenters. The molecular formula is C20H25N5O2. The maximum atomic E-state index is 12.9. The van der Waals surface area contributed by atoms with E-state index in [4.69, 9.17) is 0 Å². The Balaban J connectivity index is 1.52. The molecule has 142 valence electrons. The second-order valence-corrected chi connectivity index (χ2v) is 7.22. The Labute approximate surface area is 157 Å². The van der Waals surface area contributed by atoms with Crippen LogP contribution in [-0.4, -0.2) is 43.2 Å². The standard InChI is InChI=1S/C20H25N5O2/c1-3-25-19(22-23(2)20(25)27)14-7-6-10-24(13-14)18(26)11-15-12-21-17-9-5-4-8-16(15)17/h4-5,8-9,12,14,21H,3,6-7,10-11,13H2,1-2H3/t14-/m1/s1. The van der Waals surface area contributed by atoms with Crippen molar-refractivity contribution in [3.63, 3.8) is 0 Å². The van der Waals surface area contributed by atoms with Gasteiger partial charge in [0.2, 0.25) is 5.91 Å². The van der Waals surface area contributed by atoms with Crippen LogP contribution in [0.5, 0.6) is 0 Å². The quantitative estimate of drug-likeness (QED) is 0.767. The minimum atomic E-state index is -0.0882. The van der Waals surface area contributed by atoms with Crippen molar-refractivity contribution in [2.45, 2.75) is 38.6 Å². The number of para-hydroxylation sites is 1. The lowest BCUT2D eigenvalue weighted by Gasteiger charge is -2.32. The average molecular weight is 367 g/mol. The van der Waals surface area contributed by atoms with Crippen LogP contribution in [0.15, 0.2) is 35.3 Å². The predicted molar refractivity (Wildman–Crippen MR) is 104 cm³/mol. The van der Waals surface area contributed by atoms with Crippen LogP contribution >= 0.6 is 0 Å². The molecule has 0 saturated carbocycles. The van der Waals surface area contributed by atoms with Crippen LogP contribution in [-0.2, 0) is 24.8 Å². The lowest BCUT2D eigenvalue weighted by molar-refractivity contribution is -0.131. The topological polar surface area (TPSA) is 75.9 Å². The molecule has 4 rings (SSSR count). The van der Waals surface area contributed by atoms with Crippen LogP contribution in [0.1, 0.15) is 37.1 Å². The predicted octanol–water partition coefficient (Wildman–Crippen LogP) is 2.03. The van der Waals surface area contributed by atoms with Crippen molar-refractivity contribution in [1.29, 1.82) is 0 Å². The summed E-state index contributed by atoms with van der Waals surface area (Å²) in [5.74, 6) is 1.04. The Hall–Kier alpha value is -2.83. The van der Waals surface area contributed by atoms with E-state index in [-0.39, 0.29) is 17.5 Å².